The molecule has 2 rings (SSSR count). The van der Waals surface area contributed by atoms with E-state index in [2.05, 4.69) is 0 Å². The lowest BCUT2D eigenvalue weighted by atomic mass is 10.1. The Kier molecular flexibility index (Phi) is 4.40. The van der Waals surface area contributed by atoms with Gasteiger partial charge in [-0.1, -0.05) is 35.9 Å². The van der Waals surface area contributed by atoms with Crippen LogP contribution in [-0.4, -0.2) is 5.11 Å². The molecule has 0 aliphatic rings. The summed E-state index contributed by atoms with van der Waals surface area (Å²) in [6.45, 7) is 1.89. The van der Waals surface area contributed by atoms with E-state index in [0.29, 0.717) is 16.9 Å². The summed E-state index contributed by atoms with van der Waals surface area (Å²) in [6.07, 6.45) is -0.613. The number of ether oxygens (including phenoxy) is 1. The average molecular weight is 281 g/mol. The number of aliphatic hydroxyl groups is 1. The first-order valence-corrected chi connectivity index (χ1v) is 6.29. The van der Waals surface area contributed by atoms with E-state index in [0.717, 1.165) is 0 Å². The summed E-state index contributed by atoms with van der Waals surface area (Å²) in [5.41, 5.74) is 1.39. The van der Waals surface area contributed by atoms with Crippen LogP contribution in [0.1, 0.15) is 24.2 Å². The average Bonchev–Trinajstić information content (AvgIpc) is 2.40. The SMILES string of the molecule is CC(O)c1ccccc1OCc1ccc(Cl)c(F)c1. The first-order chi connectivity index (χ1) is 9.08. The molecular formula is C15H14ClFO2. The van der Waals surface area contributed by atoms with Crippen LogP contribution in [0.3, 0.4) is 0 Å². The summed E-state index contributed by atoms with van der Waals surface area (Å²) in [4.78, 5) is 0. The van der Waals surface area contributed by atoms with E-state index >= 15 is 0 Å². The van der Waals surface area contributed by atoms with Gasteiger partial charge < -0.3 is 9.84 Å². The highest BCUT2D eigenvalue weighted by atomic mass is 35.5. The molecule has 1 atom stereocenters. The minimum absolute atomic E-state index is 0.0909. The van der Waals surface area contributed by atoms with Gasteiger partial charge in [-0.3, -0.25) is 0 Å². The van der Waals surface area contributed by atoms with E-state index in [1.807, 2.05) is 12.1 Å². The van der Waals surface area contributed by atoms with Gasteiger partial charge in [0, 0.05) is 5.56 Å². The number of rotatable bonds is 4. The Morgan fingerprint density at radius 3 is 2.68 bits per heavy atom. The summed E-state index contributed by atoms with van der Waals surface area (Å²) in [7, 11) is 0. The van der Waals surface area contributed by atoms with E-state index in [-0.39, 0.29) is 11.6 Å². The Labute approximate surface area is 116 Å². The summed E-state index contributed by atoms with van der Waals surface area (Å²) in [6, 6.07) is 11.8. The molecule has 0 amide bonds. The van der Waals surface area contributed by atoms with Crippen LogP contribution in [0.25, 0.3) is 0 Å². The minimum atomic E-state index is -0.613. The number of benzene rings is 2. The fraction of sp³-hybridized carbons (Fsp3) is 0.200. The molecular weight excluding hydrogens is 267 g/mol. The first-order valence-electron chi connectivity index (χ1n) is 5.91. The second kappa shape index (κ2) is 6.04. The standard InChI is InChI=1S/C15H14ClFO2/c1-10(18)12-4-2-3-5-15(12)19-9-11-6-7-13(16)14(17)8-11/h2-8,10,18H,9H2,1H3. The number of hydrogen-bond acceptors (Lipinski definition) is 2. The monoisotopic (exact) mass is 280 g/mol. The zero-order valence-corrected chi connectivity index (χ0v) is 11.2. The normalized spacial score (nSPS) is 12.2. The molecule has 0 spiro atoms. The van der Waals surface area contributed by atoms with Crippen molar-refractivity contribution in [2.75, 3.05) is 0 Å². The Morgan fingerprint density at radius 1 is 1.26 bits per heavy atom. The van der Waals surface area contributed by atoms with E-state index in [1.165, 1.54) is 12.1 Å². The van der Waals surface area contributed by atoms with Crippen LogP contribution in [0.15, 0.2) is 42.5 Å². The van der Waals surface area contributed by atoms with E-state index in [1.54, 1.807) is 25.1 Å². The molecule has 2 aromatic rings. The van der Waals surface area contributed by atoms with Gasteiger partial charge in [0.25, 0.3) is 0 Å². The van der Waals surface area contributed by atoms with Crippen molar-refractivity contribution in [2.24, 2.45) is 0 Å². The summed E-state index contributed by atoms with van der Waals surface area (Å²) in [5, 5.41) is 9.72. The van der Waals surface area contributed by atoms with Crippen molar-refractivity contribution in [3.8, 4) is 5.75 Å². The second-order valence-electron chi connectivity index (χ2n) is 4.25. The molecule has 0 bridgehead atoms. The lowest BCUT2D eigenvalue weighted by molar-refractivity contribution is 0.190. The fourth-order valence-electron chi connectivity index (χ4n) is 1.75. The maximum atomic E-state index is 13.3. The molecule has 0 saturated carbocycles. The molecule has 0 fully saturated rings. The van der Waals surface area contributed by atoms with Crippen LogP contribution < -0.4 is 4.74 Å². The Balaban J connectivity index is 2.12. The van der Waals surface area contributed by atoms with Crippen molar-refractivity contribution in [1.29, 1.82) is 0 Å². The molecule has 2 aromatic carbocycles. The van der Waals surface area contributed by atoms with Crippen LogP contribution in [0, 0.1) is 5.82 Å². The van der Waals surface area contributed by atoms with Gasteiger partial charge in [-0.2, -0.15) is 0 Å². The van der Waals surface area contributed by atoms with Gasteiger partial charge in [0.05, 0.1) is 11.1 Å². The predicted molar refractivity (Wildman–Crippen MR) is 72.8 cm³/mol. The Morgan fingerprint density at radius 2 is 2.00 bits per heavy atom. The van der Waals surface area contributed by atoms with Crippen LogP contribution in [0.4, 0.5) is 4.39 Å². The summed E-state index contributed by atoms with van der Waals surface area (Å²) in [5.74, 6) is 0.124. The molecule has 1 N–H and O–H groups in total. The molecule has 19 heavy (non-hydrogen) atoms. The third kappa shape index (κ3) is 3.46. The fourth-order valence-corrected chi connectivity index (χ4v) is 1.87. The van der Waals surface area contributed by atoms with Crippen molar-refractivity contribution in [3.05, 3.63) is 64.4 Å². The zero-order valence-electron chi connectivity index (χ0n) is 10.4. The van der Waals surface area contributed by atoms with E-state index < -0.39 is 11.9 Å². The van der Waals surface area contributed by atoms with Gasteiger partial charge in [0.15, 0.2) is 0 Å². The van der Waals surface area contributed by atoms with Crippen LogP contribution in [-0.2, 0) is 6.61 Å². The predicted octanol–water partition coefficient (Wildman–Crippen LogP) is 4.11. The Hall–Kier alpha value is -1.58. The Bertz CT molecular complexity index is 570. The van der Waals surface area contributed by atoms with Crippen molar-refractivity contribution < 1.29 is 14.2 Å². The van der Waals surface area contributed by atoms with Gasteiger partial charge in [-0.15, -0.1) is 0 Å². The van der Waals surface area contributed by atoms with Gasteiger partial charge in [-0.25, -0.2) is 4.39 Å². The van der Waals surface area contributed by atoms with Crippen molar-refractivity contribution in [2.45, 2.75) is 19.6 Å². The minimum Gasteiger partial charge on any atom is -0.489 e. The second-order valence-corrected chi connectivity index (χ2v) is 4.66. The number of halogens is 2. The molecule has 0 aromatic heterocycles. The maximum absolute atomic E-state index is 13.3. The molecule has 0 heterocycles. The van der Waals surface area contributed by atoms with Gasteiger partial charge in [0.2, 0.25) is 0 Å². The van der Waals surface area contributed by atoms with Crippen LogP contribution in [0.5, 0.6) is 5.75 Å². The smallest absolute Gasteiger partial charge is 0.142 e. The summed E-state index contributed by atoms with van der Waals surface area (Å²) >= 11 is 5.62. The largest absolute Gasteiger partial charge is 0.489 e. The third-order valence-corrected chi connectivity index (χ3v) is 3.05. The van der Waals surface area contributed by atoms with Crippen molar-refractivity contribution in [1.82, 2.24) is 0 Å². The molecule has 0 aliphatic carbocycles. The van der Waals surface area contributed by atoms with E-state index in [4.69, 9.17) is 16.3 Å². The molecule has 4 heteroatoms. The van der Waals surface area contributed by atoms with Gasteiger partial charge in [0.1, 0.15) is 18.2 Å². The number of hydrogen-bond donors (Lipinski definition) is 1. The third-order valence-electron chi connectivity index (χ3n) is 2.75. The van der Waals surface area contributed by atoms with Crippen molar-refractivity contribution in [3.63, 3.8) is 0 Å². The van der Waals surface area contributed by atoms with Gasteiger partial charge in [-0.05, 0) is 30.7 Å². The first kappa shape index (κ1) is 13.8. The topological polar surface area (TPSA) is 29.5 Å². The van der Waals surface area contributed by atoms with Gasteiger partial charge >= 0.3 is 0 Å². The highest BCUT2D eigenvalue weighted by molar-refractivity contribution is 6.30. The molecule has 0 aliphatic heterocycles. The highest BCUT2D eigenvalue weighted by Crippen LogP contribution is 2.25. The summed E-state index contributed by atoms with van der Waals surface area (Å²) < 4.78 is 18.9. The highest BCUT2D eigenvalue weighted by Gasteiger charge is 2.08. The molecule has 100 valence electrons. The van der Waals surface area contributed by atoms with Crippen LogP contribution in [0.2, 0.25) is 5.02 Å². The lowest BCUT2D eigenvalue weighted by Gasteiger charge is -2.13. The van der Waals surface area contributed by atoms with E-state index in [9.17, 15) is 9.50 Å². The zero-order chi connectivity index (χ0) is 13.8. The van der Waals surface area contributed by atoms with Crippen molar-refractivity contribution >= 4 is 11.6 Å². The van der Waals surface area contributed by atoms with Crippen LogP contribution >= 0.6 is 11.6 Å². The maximum Gasteiger partial charge on any atom is 0.142 e. The molecule has 1 unspecified atom stereocenters. The quantitative estimate of drug-likeness (QED) is 0.913. The number of para-hydroxylation sites is 1. The molecule has 2 nitrogen and oxygen atoms in total. The molecule has 0 radical (unpaired) electrons. The lowest BCUT2D eigenvalue weighted by Crippen LogP contribution is -2.01. The number of aliphatic hydroxyl groups excluding tert-OH is 1. The molecule has 0 saturated heterocycles.